The third-order valence-electron chi connectivity index (χ3n) is 4.27. The molecule has 6 heteroatoms. The van der Waals surface area contributed by atoms with Crippen LogP contribution in [0.5, 0.6) is 0 Å². The van der Waals surface area contributed by atoms with Crippen molar-refractivity contribution in [2.75, 3.05) is 6.54 Å². The second-order valence-corrected chi connectivity index (χ2v) is 6.74. The number of hydrogen-bond acceptors (Lipinski definition) is 4. The molecule has 0 aromatic carbocycles. The number of hydrogen-bond donors (Lipinski definition) is 0. The Labute approximate surface area is 127 Å². The minimum atomic E-state index is -0.0838. The van der Waals surface area contributed by atoms with Gasteiger partial charge in [0.2, 0.25) is 0 Å². The van der Waals surface area contributed by atoms with E-state index in [4.69, 9.17) is 0 Å². The SMILES string of the molecule is Cc1c(C(=O)N2CCCCC2C)sc2ncn(C)c(=O)c12. The largest absolute Gasteiger partial charge is 0.335 e. The molecule has 5 nitrogen and oxygen atoms in total. The lowest BCUT2D eigenvalue weighted by Gasteiger charge is -2.33. The second-order valence-electron chi connectivity index (χ2n) is 5.74. The van der Waals surface area contributed by atoms with Gasteiger partial charge in [-0.1, -0.05) is 0 Å². The van der Waals surface area contributed by atoms with Crippen LogP contribution in [-0.4, -0.2) is 32.9 Å². The number of likely N-dealkylation sites (tertiary alicyclic amines) is 1. The van der Waals surface area contributed by atoms with Crippen LogP contribution in [0.25, 0.3) is 10.2 Å². The lowest BCUT2D eigenvalue weighted by Crippen LogP contribution is -2.41. The number of carbonyl (C=O) groups is 1. The normalized spacial score (nSPS) is 19.2. The Hall–Kier alpha value is -1.69. The summed E-state index contributed by atoms with van der Waals surface area (Å²) in [5, 5.41) is 0.581. The number of nitrogens with zero attached hydrogens (tertiary/aromatic N) is 3. The predicted octanol–water partition coefficient (Wildman–Crippen LogP) is 2.32. The summed E-state index contributed by atoms with van der Waals surface area (Å²) in [5.74, 6) is 0.0461. The van der Waals surface area contributed by atoms with Gasteiger partial charge in [-0.15, -0.1) is 11.3 Å². The maximum atomic E-state index is 12.8. The summed E-state index contributed by atoms with van der Waals surface area (Å²) in [5.41, 5.74) is 0.686. The fraction of sp³-hybridized carbons (Fsp3) is 0.533. The van der Waals surface area contributed by atoms with Crippen LogP contribution >= 0.6 is 11.3 Å². The lowest BCUT2D eigenvalue weighted by molar-refractivity contribution is 0.0640. The number of carbonyl (C=O) groups excluding carboxylic acids is 1. The highest BCUT2D eigenvalue weighted by molar-refractivity contribution is 7.20. The van der Waals surface area contributed by atoms with E-state index in [0.717, 1.165) is 24.9 Å². The Morgan fingerprint density at radius 2 is 2.19 bits per heavy atom. The zero-order valence-corrected chi connectivity index (χ0v) is 13.4. The number of rotatable bonds is 1. The monoisotopic (exact) mass is 305 g/mol. The van der Waals surface area contributed by atoms with Gasteiger partial charge in [-0.25, -0.2) is 4.98 Å². The van der Waals surface area contributed by atoms with Crippen LogP contribution in [0.1, 0.15) is 41.4 Å². The molecule has 1 aliphatic heterocycles. The summed E-state index contributed by atoms with van der Waals surface area (Å²) in [6, 6.07) is 0.270. The average Bonchev–Trinajstić information content (AvgIpc) is 2.80. The standard InChI is InChI=1S/C15H19N3O2S/c1-9-6-4-5-7-18(9)15(20)12-10(2)11-13(21-12)16-8-17(3)14(11)19/h8-9H,4-7H2,1-3H3. The Morgan fingerprint density at radius 3 is 2.90 bits per heavy atom. The van der Waals surface area contributed by atoms with E-state index >= 15 is 0 Å². The number of piperidine rings is 1. The summed E-state index contributed by atoms with van der Waals surface area (Å²) < 4.78 is 1.46. The van der Waals surface area contributed by atoms with Gasteiger partial charge < -0.3 is 9.47 Å². The molecule has 2 aromatic rings. The number of amides is 1. The van der Waals surface area contributed by atoms with E-state index < -0.39 is 0 Å². The second kappa shape index (κ2) is 5.26. The van der Waals surface area contributed by atoms with Crippen LogP contribution in [0.2, 0.25) is 0 Å². The van der Waals surface area contributed by atoms with Crippen molar-refractivity contribution in [2.45, 2.75) is 39.2 Å². The summed E-state index contributed by atoms with van der Waals surface area (Å²) >= 11 is 1.33. The van der Waals surface area contributed by atoms with E-state index in [1.54, 1.807) is 7.05 Å². The van der Waals surface area contributed by atoms with Crippen molar-refractivity contribution in [2.24, 2.45) is 7.05 Å². The van der Waals surface area contributed by atoms with E-state index in [1.165, 1.54) is 28.7 Å². The maximum absolute atomic E-state index is 12.8. The topological polar surface area (TPSA) is 55.2 Å². The van der Waals surface area contributed by atoms with Crippen LogP contribution < -0.4 is 5.56 Å². The molecule has 1 saturated heterocycles. The van der Waals surface area contributed by atoms with Crippen molar-refractivity contribution in [1.82, 2.24) is 14.5 Å². The first-order valence-corrected chi connectivity index (χ1v) is 8.08. The molecular weight excluding hydrogens is 286 g/mol. The van der Waals surface area contributed by atoms with Crippen molar-refractivity contribution in [3.8, 4) is 0 Å². The number of thiophene rings is 1. The summed E-state index contributed by atoms with van der Waals surface area (Å²) in [7, 11) is 1.68. The Bertz CT molecular complexity index is 762. The Morgan fingerprint density at radius 1 is 1.43 bits per heavy atom. The molecule has 0 radical (unpaired) electrons. The zero-order valence-electron chi connectivity index (χ0n) is 12.5. The molecule has 1 amide bonds. The molecule has 1 unspecified atom stereocenters. The van der Waals surface area contributed by atoms with Gasteiger partial charge in [0, 0.05) is 19.6 Å². The molecule has 0 aliphatic carbocycles. The highest BCUT2D eigenvalue weighted by Crippen LogP contribution is 2.29. The van der Waals surface area contributed by atoms with E-state index in [9.17, 15) is 9.59 Å². The summed E-state index contributed by atoms with van der Waals surface area (Å²) in [4.78, 5) is 32.6. The smallest absolute Gasteiger partial charge is 0.264 e. The van der Waals surface area contributed by atoms with Crippen LogP contribution in [0.15, 0.2) is 11.1 Å². The van der Waals surface area contributed by atoms with E-state index in [1.807, 2.05) is 11.8 Å². The average molecular weight is 305 g/mol. The molecular formula is C15H19N3O2S. The van der Waals surface area contributed by atoms with E-state index in [2.05, 4.69) is 11.9 Å². The molecule has 1 atom stereocenters. The number of aromatic nitrogens is 2. The van der Waals surface area contributed by atoms with Gasteiger partial charge in [0.05, 0.1) is 16.6 Å². The molecule has 0 saturated carbocycles. The first-order valence-electron chi connectivity index (χ1n) is 7.26. The molecule has 2 aromatic heterocycles. The minimum Gasteiger partial charge on any atom is -0.335 e. The third-order valence-corrected chi connectivity index (χ3v) is 5.46. The van der Waals surface area contributed by atoms with Gasteiger partial charge in [0.1, 0.15) is 4.83 Å². The maximum Gasteiger partial charge on any atom is 0.264 e. The Balaban J connectivity index is 2.08. The van der Waals surface area contributed by atoms with Crippen molar-refractivity contribution < 1.29 is 4.79 Å². The molecule has 1 aliphatic rings. The van der Waals surface area contributed by atoms with Gasteiger partial charge in [-0.05, 0) is 38.7 Å². The molecule has 21 heavy (non-hydrogen) atoms. The van der Waals surface area contributed by atoms with Gasteiger partial charge in [-0.2, -0.15) is 0 Å². The minimum absolute atomic E-state index is 0.0461. The molecule has 3 rings (SSSR count). The van der Waals surface area contributed by atoms with Crippen LogP contribution in [0.3, 0.4) is 0 Å². The van der Waals surface area contributed by atoms with Crippen molar-refractivity contribution in [1.29, 1.82) is 0 Å². The van der Waals surface area contributed by atoms with Crippen molar-refractivity contribution >= 4 is 27.5 Å². The fourth-order valence-corrected chi connectivity index (χ4v) is 4.04. The zero-order chi connectivity index (χ0) is 15.1. The molecule has 1 fully saturated rings. The predicted molar refractivity (Wildman–Crippen MR) is 83.9 cm³/mol. The molecule has 0 bridgehead atoms. The van der Waals surface area contributed by atoms with Gasteiger partial charge in [0.15, 0.2) is 0 Å². The van der Waals surface area contributed by atoms with Crippen molar-refractivity contribution in [3.63, 3.8) is 0 Å². The van der Waals surface area contributed by atoms with Gasteiger partial charge >= 0.3 is 0 Å². The Kier molecular flexibility index (Phi) is 3.57. The van der Waals surface area contributed by atoms with E-state index in [0.29, 0.717) is 15.1 Å². The number of aryl methyl sites for hydroxylation is 2. The van der Waals surface area contributed by atoms with Crippen LogP contribution in [-0.2, 0) is 7.05 Å². The lowest BCUT2D eigenvalue weighted by atomic mass is 10.0. The summed E-state index contributed by atoms with van der Waals surface area (Å²) in [6.45, 7) is 4.75. The highest BCUT2D eigenvalue weighted by Gasteiger charge is 2.28. The fourth-order valence-electron chi connectivity index (χ4n) is 2.94. The molecule has 0 N–H and O–H groups in total. The van der Waals surface area contributed by atoms with Crippen molar-refractivity contribution in [3.05, 3.63) is 27.1 Å². The number of fused-ring (bicyclic) bond motifs is 1. The van der Waals surface area contributed by atoms with E-state index in [-0.39, 0.29) is 17.5 Å². The first kappa shape index (κ1) is 14.3. The highest BCUT2D eigenvalue weighted by atomic mass is 32.1. The molecule has 3 heterocycles. The quantitative estimate of drug-likeness (QED) is 0.812. The molecule has 112 valence electrons. The van der Waals surface area contributed by atoms with Gasteiger partial charge in [-0.3, -0.25) is 9.59 Å². The van der Waals surface area contributed by atoms with Crippen LogP contribution in [0.4, 0.5) is 0 Å². The first-order chi connectivity index (χ1) is 10.0. The summed E-state index contributed by atoms with van der Waals surface area (Å²) in [6.07, 6.45) is 4.80. The molecule has 0 spiro atoms. The van der Waals surface area contributed by atoms with Crippen LogP contribution in [0, 0.1) is 6.92 Å². The third kappa shape index (κ3) is 2.27. The van der Waals surface area contributed by atoms with Gasteiger partial charge in [0.25, 0.3) is 11.5 Å².